The maximum Gasteiger partial charge on any atom is 0.330 e. The molecule has 0 radical (unpaired) electrons. The molecule has 2 aromatic carbocycles. The van der Waals surface area contributed by atoms with Gasteiger partial charge in [-0.05, 0) is 23.8 Å². The van der Waals surface area contributed by atoms with Crippen LogP contribution in [0, 0.1) is 0 Å². The van der Waals surface area contributed by atoms with Gasteiger partial charge in [-0.2, -0.15) is 0 Å². The Morgan fingerprint density at radius 2 is 1.39 bits per heavy atom. The van der Waals surface area contributed by atoms with Crippen molar-refractivity contribution in [1.82, 2.24) is 0 Å². The van der Waals surface area contributed by atoms with Crippen LogP contribution in [-0.4, -0.2) is 157 Å². The zero-order valence-corrected chi connectivity index (χ0v) is 30.3. The van der Waals surface area contributed by atoms with Crippen LogP contribution < -0.4 is 9.47 Å². The van der Waals surface area contributed by atoms with Gasteiger partial charge in [0, 0.05) is 30.4 Å². The van der Waals surface area contributed by atoms with Crippen molar-refractivity contribution < 1.29 is 93.8 Å². The Labute approximate surface area is 324 Å². The Morgan fingerprint density at radius 1 is 0.789 bits per heavy atom. The zero-order chi connectivity index (χ0) is 41.1. The Kier molecular flexibility index (Phi) is 12.6. The van der Waals surface area contributed by atoms with E-state index in [9.17, 15) is 55.9 Å². The van der Waals surface area contributed by atoms with Gasteiger partial charge in [0.15, 0.2) is 11.5 Å². The predicted molar refractivity (Wildman–Crippen MR) is 192 cm³/mol. The fourth-order valence-corrected chi connectivity index (χ4v) is 6.31. The largest absolute Gasteiger partial charge is 0.571 e. The molecule has 0 bridgehead atoms. The van der Waals surface area contributed by atoms with Crippen LogP contribution in [0.2, 0.25) is 0 Å². The molecular weight excluding hydrogens is 760 g/mol. The molecule has 2 saturated heterocycles. The number of benzene rings is 2. The topological polar surface area (TPSA) is 297 Å². The number of phenols is 2. The van der Waals surface area contributed by atoms with Gasteiger partial charge in [-0.3, -0.25) is 0 Å². The van der Waals surface area contributed by atoms with Crippen molar-refractivity contribution in [2.24, 2.45) is 0 Å². The smallest absolute Gasteiger partial charge is 0.330 e. The fraction of sp³-hybridized carbons (Fsp3) is 0.395. The summed E-state index contributed by atoms with van der Waals surface area (Å²) in [6.07, 6.45) is -11.7. The van der Waals surface area contributed by atoms with Crippen molar-refractivity contribution in [2.45, 2.75) is 67.5 Å². The van der Waals surface area contributed by atoms with Gasteiger partial charge in [0.05, 0.1) is 38.0 Å². The number of carbonyl (C=O) groups is 1. The van der Waals surface area contributed by atoms with E-state index in [1.807, 2.05) is 0 Å². The lowest BCUT2D eigenvalue weighted by atomic mass is 9.96. The second-order valence-electron chi connectivity index (χ2n) is 13.2. The van der Waals surface area contributed by atoms with Gasteiger partial charge in [-0.15, -0.1) is 0 Å². The van der Waals surface area contributed by atoms with E-state index < -0.39 is 86.7 Å². The first kappa shape index (κ1) is 41.3. The van der Waals surface area contributed by atoms with E-state index in [4.69, 9.17) is 37.9 Å². The summed E-state index contributed by atoms with van der Waals surface area (Å²) >= 11 is 0. The SMILES string of the molecule is COc1cc(C2=C(OC3OC(COC(=O)C=Cc4ccc(O)cc4)C(O)C(O)C3O)C=C3C(OC4OC(CO)C(O)C(O)C4O)=CC(O)=CC3[OH+]2)cc(OC)c1O. The molecule has 308 valence electrons. The third-order valence-corrected chi connectivity index (χ3v) is 9.45. The summed E-state index contributed by atoms with van der Waals surface area (Å²) < 4.78 is 44.0. The number of fused-ring (bicyclic) bond motifs is 1. The molecule has 2 fully saturated rings. The molecule has 0 amide bonds. The Balaban J connectivity index is 1.32. The standard InChI is InChI=1S/C38H42O19/c1-50-23-9-17(10-24(51-2)29(23)43)36-25(13-20-21(53-36)11-19(41)12-22(20)54-37-34(48)32(46)30(44)26(14-39)56-37)55-38-35(49)33(47)31(45)27(57-38)15-52-28(42)8-5-16-3-6-18(40)7-4-16/h3-13,21,26-27,30-35,37-41,43-49H,14-15H2,1-2H3/p+1. The Hall–Kier alpha value is -5.35. The second-order valence-corrected chi connectivity index (χ2v) is 13.2. The van der Waals surface area contributed by atoms with E-state index in [1.165, 1.54) is 56.7 Å². The van der Waals surface area contributed by atoms with Gasteiger partial charge < -0.3 is 89.0 Å². The van der Waals surface area contributed by atoms with Crippen molar-refractivity contribution in [1.29, 1.82) is 0 Å². The molecular formula is C38H43O19+. The fourth-order valence-electron chi connectivity index (χ4n) is 6.31. The van der Waals surface area contributed by atoms with Gasteiger partial charge in [0.2, 0.25) is 30.2 Å². The molecule has 11 unspecified atom stereocenters. The normalized spacial score (nSPS) is 31.3. The number of phenolic OH excluding ortho intramolecular Hbond substituents is 2. The minimum Gasteiger partial charge on any atom is -0.571 e. The minimum absolute atomic E-state index is 0.00255. The van der Waals surface area contributed by atoms with Crippen molar-refractivity contribution in [3.05, 3.63) is 94.7 Å². The van der Waals surface area contributed by atoms with Crippen LogP contribution in [0.25, 0.3) is 11.8 Å². The lowest BCUT2D eigenvalue weighted by Gasteiger charge is -2.41. The first-order chi connectivity index (χ1) is 27.2. The molecule has 4 aliphatic rings. The molecule has 3 aliphatic heterocycles. The molecule has 11 N–H and O–H groups in total. The van der Waals surface area contributed by atoms with Crippen LogP contribution in [0.3, 0.4) is 0 Å². The number of aromatic hydroxyl groups is 2. The summed E-state index contributed by atoms with van der Waals surface area (Å²) in [5.74, 6) is -1.92. The summed E-state index contributed by atoms with van der Waals surface area (Å²) in [7, 11) is 2.59. The number of esters is 1. The van der Waals surface area contributed by atoms with E-state index in [0.717, 1.165) is 12.2 Å². The summed E-state index contributed by atoms with van der Waals surface area (Å²) in [5.41, 5.74) is 0.939. The summed E-state index contributed by atoms with van der Waals surface area (Å²) in [6.45, 7) is -1.33. The average Bonchev–Trinajstić information content (AvgIpc) is 3.20. The second kappa shape index (κ2) is 17.4. The molecule has 19 nitrogen and oxygen atoms in total. The van der Waals surface area contributed by atoms with E-state index in [-0.39, 0.29) is 57.2 Å². The average molecular weight is 804 g/mol. The molecule has 3 heterocycles. The summed E-state index contributed by atoms with van der Waals surface area (Å²) in [5, 5.41) is 104. The molecule has 2 aromatic rings. The lowest BCUT2D eigenvalue weighted by molar-refractivity contribution is -0.292. The van der Waals surface area contributed by atoms with Gasteiger partial charge in [-0.25, -0.2) is 4.79 Å². The van der Waals surface area contributed by atoms with Crippen LogP contribution in [-0.2, 0) is 28.5 Å². The molecule has 11 atom stereocenters. The molecule has 0 aromatic heterocycles. The molecule has 1 aliphatic carbocycles. The van der Waals surface area contributed by atoms with Crippen LogP contribution in [0.4, 0.5) is 0 Å². The van der Waals surface area contributed by atoms with E-state index >= 15 is 0 Å². The first-order valence-electron chi connectivity index (χ1n) is 17.4. The van der Waals surface area contributed by atoms with Crippen LogP contribution in [0.5, 0.6) is 23.0 Å². The van der Waals surface area contributed by atoms with Gasteiger partial charge >= 0.3 is 11.7 Å². The third-order valence-electron chi connectivity index (χ3n) is 9.45. The summed E-state index contributed by atoms with van der Waals surface area (Å²) in [4.78, 5) is 12.5. The third kappa shape index (κ3) is 8.81. The number of carbonyl (C=O) groups excluding carboxylic acids is 1. The number of hydrogen-bond acceptors (Lipinski definition) is 18. The first-order valence-corrected chi connectivity index (χ1v) is 17.4. The van der Waals surface area contributed by atoms with Gasteiger partial charge in [0.25, 0.3) is 0 Å². The van der Waals surface area contributed by atoms with E-state index in [1.54, 1.807) is 12.1 Å². The maximum absolute atomic E-state index is 12.5. The highest BCUT2D eigenvalue weighted by Gasteiger charge is 2.49. The highest BCUT2D eigenvalue weighted by atomic mass is 16.7. The number of aliphatic hydroxyl groups excluding tert-OH is 8. The molecule has 0 saturated carbocycles. The maximum atomic E-state index is 12.5. The van der Waals surface area contributed by atoms with Gasteiger partial charge in [0.1, 0.15) is 72.7 Å². The van der Waals surface area contributed by atoms with Crippen molar-refractivity contribution >= 4 is 17.8 Å². The van der Waals surface area contributed by atoms with Crippen LogP contribution >= 0.6 is 0 Å². The van der Waals surface area contributed by atoms with E-state index in [2.05, 4.69) is 0 Å². The molecule has 0 spiro atoms. The monoisotopic (exact) mass is 803 g/mol. The van der Waals surface area contributed by atoms with Crippen molar-refractivity contribution in [3.63, 3.8) is 0 Å². The number of methoxy groups -OCH3 is 2. The molecule has 57 heavy (non-hydrogen) atoms. The van der Waals surface area contributed by atoms with Crippen LogP contribution in [0.15, 0.2) is 83.6 Å². The molecule has 6 rings (SSSR count). The molecule has 19 heteroatoms. The highest BCUT2D eigenvalue weighted by Crippen LogP contribution is 2.43. The Bertz CT molecular complexity index is 1910. The van der Waals surface area contributed by atoms with Gasteiger partial charge in [-0.1, -0.05) is 12.1 Å². The zero-order valence-electron chi connectivity index (χ0n) is 30.3. The predicted octanol–water partition coefficient (Wildman–Crippen LogP) is -1.14. The number of ether oxygens (including phenoxy) is 8. The van der Waals surface area contributed by atoms with E-state index in [0.29, 0.717) is 5.56 Å². The quantitative estimate of drug-likeness (QED) is 0.0689. The lowest BCUT2D eigenvalue weighted by Crippen LogP contribution is -2.59. The number of allylic oxidation sites excluding steroid dienone is 2. The minimum atomic E-state index is -1.90. The highest BCUT2D eigenvalue weighted by molar-refractivity contribution is 5.87. The number of hydrogen-bond donors (Lipinski definition) is 10. The summed E-state index contributed by atoms with van der Waals surface area (Å²) in [6, 6.07) is 8.74. The number of rotatable bonds is 12. The van der Waals surface area contributed by atoms with Crippen molar-refractivity contribution in [3.8, 4) is 23.0 Å². The Morgan fingerprint density at radius 3 is 2.00 bits per heavy atom. The van der Waals surface area contributed by atoms with Crippen LogP contribution in [0.1, 0.15) is 11.1 Å². The van der Waals surface area contributed by atoms with Crippen molar-refractivity contribution in [2.75, 3.05) is 27.4 Å². The number of aliphatic hydroxyl groups is 10.